The number of hydrogen-bond donors (Lipinski definition) is 0. The predicted molar refractivity (Wildman–Crippen MR) is 43.0 cm³/mol. The standard InChI is InChI=1S/C9H14O/c1-3-8(2)9-4-6-10-7-5-9/h3-4H,5-7H2,1-2H3. The van der Waals surface area contributed by atoms with Crippen LogP contribution in [0.15, 0.2) is 23.3 Å². The second-order valence-electron chi connectivity index (χ2n) is 2.53. The number of hydrogen-bond acceptors (Lipinski definition) is 1. The van der Waals surface area contributed by atoms with Crippen LogP contribution in [0, 0.1) is 0 Å². The van der Waals surface area contributed by atoms with Crippen LogP contribution in [0.25, 0.3) is 0 Å². The van der Waals surface area contributed by atoms with E-state index < -0.39 is 0 Å². The lowest BCUT2D eigenvalue weighted by Gasteiger charge is -2.13. The van der Waals surface area contributed by atoms with E-state index in [0.717, 1.165) is 19.6 Å². The van der Waals surface area contributed by atoms with E-state index in [1.807, 2.05) is 0 Å². The molecule has 1 rings (SSSR count). The van der Waals surface area contributed by atoms with Crippen molar-refractivity contribution in [2.24, 2.45) is 0 Å². The largest absolute Gasteiger partial charge is 0.377 e. The minimum absolute atomic E-state index is 0.792. The van der Waals surface area contributed by atoms with Gasteiger partial charge in [-0.15, -0.1) is 0 Å². The van der Waals surface area contributed by atoms with Crippen LogP contribution in [-0.2, 0) is 4.74 Å². The Bertz CT molecular complexity index is 166. The Kier molecular flexibility index (Phi) is 2.69. The van der Waals surface area contributed by atoms with Gasteiger partial charge in [0.2, 0.25) is 0 Å². The highest BCUT2D eigenvalue weighted by Gasteiger charge is 2.03. The molecule has 1 heteroatoms. The van der Waals surface area contributed by atoms with Crippen molar-refractivity contribution in [3.63, 3.8) is 0 Å². The van der Waals surface area contributed by atoms with Gasteiger partial charge < -0.3 is 4.74 Å². The Morgan fingerprint density at radius 3 is 3.00 bits per heavy atom. The summed E-state index contributed by atoms with van der Waals surface area (Å²) in [6.07, 6.45) is 5.40. The number of ether oxygens (including phenoxy) is 1. The van der Waals surface area contributed by atoms with Crippen LogP contribution in [0.1, 0.15) is 20.3 Å². The summed E-state index contributed by atoms with van der Waals surface area (Å²) in [6, 6.07) is 0. The minimum Gasteiger partial charge on any atom is -0.377 e. The summed E-state index contributed by atoms with van der Waals surface area (Å²) < 4.78 is 5.19. The summed E-state index contributed by atoms with van der Waals surface area (Å²) in [7, 11) is 0. The smallest absolute Gasteiger partial charge is 0.0653 e. The molecular formula is C9H14O. The van der Waals surface area contributed by atoms with Crippen molar-refractivity contribution in [1.29, 1.82) is 0 Å². The molecule has 0 saturated heterocycles. The van der Waals surface area contributed by atoms with Gasteiger partial charge in [-0.1, -0.05) is 17.7 Å². The Morgan fingerprint density at radius 1 is 1.70 bits per heavy atom. The van der Waals surface area contributed by atoms with Crippen molar-refractivity contribution >= 4 is 0 Å². The van der Waals surface area contributed by atoms with E-state index in [9.17, 15) is 0 Å². The molecule has 0 aromatic rings. The first-order chi connectivity index (χ1) is 4.84. The molecule has 1 nitrogen and oxygen atoms in total. The van der Waals surface area contributed by atoms with E-state index in [4.69, 9.17) is 4.74 Å². The Labute approximate surface area is 62.4 Å². The van der Waals surface area contributed by atoms with Crippen molar-refractivity contribution < 1.29 is 4.74 Å². The van der Waals surface area contributed by atoms with Gasteiger partial charge >= 0.3 is 0 Å². The molecule has 0 radical (unpaired) electrons. The van der Waals surface area contributed by atoms with Crippen LogP contribution < -0.4 is 0 Å². The van der Waals surface area contributed by atoms with Gasteiger partial charge in [0.05, 0.1) is 13.2 Å². The Hall–Kier alpha value is -0.560. The second-order valence-corrected chi connectivity index (χ2v) is 2.53. The summed E-state index contributed by atoms with van der Waals surface area (Å²) >= 11 is 0. The third-order valence-corrected chi connectivity index (χ3v) is 1.90. The van der Waals surface area contributed by atoms with Crippen molar-refractivity contribution in [1.82, 2.24) is 0 Å². The highest BCUT2D eigenvalue weighted by Crippen LogP contribution is 2.16. The average molecular weight is 138 g/mol. The molecule has 0 spiro atoms. The molecule has 1 aliphatic rings. The molecule has 0 bridgehead atoms. The second kappa shape index (κ2) is 3.57. The minimum atomic E-state index is 0.792. The lowest BCUT2D eigenvalue weighted by molar-refractivity contribution is 0.155. The highest BCUT2D eigenvalue weighted by atomic mass is 16.5. The Morgan fingerprint density at radius 2 is 2.50 bits per heavy atom. The van der Waals surface area contributed by atoms with Crippen molar-refractivity contribution in [2.75, 3.05) is 13.2 Å². The molecule has 0 aromatic heterocycles. The molecule has 0 N–H and O–H groups in total. The first kappa shape index (κ1) is 7.55. The molecule has 1 heterocycles. The van der Waals surface area contributed by atoms with Crippen LogP contribution >= 0.6 is 0 Å². The van der Waals surface area contributed by atoms with Crippen molar-refractivity contribution in [3.05, 3.63) is 23.3 Å². The van der Waals surface area contributed by atoms with E-state index in [1.165, 1.54) is 11.1 Å². The Balaban J connectivity index is 2.62. The maximum atomic E-state index is 5.19. The van der Waals surface area contributed by atoms with Crippen LogP contribution in [0.3, 0.4) is 0 Å². The van der Waals surface area contributed by atoms with E-state index in [2.05, 4.69) is 26.0 Å². The molecule has 0 amide bonds. The van der Waals surface area contributed by atoms with E-state index in [0.29, 0.717) is 0 Å². The molecule has 1 aliphatic heterocycles. The third kappa shape index (κ3) is 1.71. The molecule has 0 fully saturated rings. The monoisotopic (exact) mass is 138 g/mol. The summed E-state index contributed by atoms with van der Waals surface area (Å²) in [6.45, 7) is 5.90. The quantitative estimate of drug-likeness (QED) is 0.540. The molecule has 0 atom stereocenters. The van der Waals surface area contributed by atoms with E-state index in [1.54, 1.807) is 0 Å². The van der Waals surface area contributed by atoms with E-state index in [-0.39, 0.29) is 0 Å². The van der Waals surface area contributed by atoms with Gasteiger partial charge in [0, 0.05) is 0 Å². The van der Waals surface area contributed by atoms with Gasteiger partial charge in [0.25, 0.3) is 0 Å². The van der Waals surface area contributed by atoms with Crippen molar-refractivity contribution in [2.45, 2.75) is 20.3 Å². The fraction of sp³-hybridized carbons (Fsp3) is 0.556. The van der Waals surface area contributed by atoms with Crippen LogP contribution in [0.2, 0.25) is 0 Å². The average Bonchev–Trinajstić information content (AvgIpc) is 2.05. The van der Waals surface area contributed by atoms with Crippen LogP contribution in [0.4, 0.5) is 0 Å². The van der Waals surface area contributed by atoms with Gasteiger partial charge in [-0.25, -0.2) is 0 Å². The maximum Gasteiger partial charge on any atom is 0.0653 e. The fourth-order valence-corrected chi connectivity index (χ4v) is 1.07. The lowest BCUT2D eigenvalue weighted by Crippen LogP contribution is -2.04. The van der Waals surface area contributed by atoms with Gasteiger partial charge in [-0.2, -0.15) is 0 Å². The van der Waals surface area contributed by atoms with Gasteiger partial charge in [-0.3, -0.25) is 0 Å². The molecule has 0 aromatic carbocycles. The summed E-state index contributed by atoms with van der Waals surface area (Å²) in [5.74, 6) is 0. The molecular weight excluding hydrogens is 124 g/mol. The zero-order valence-electron chi connectivity index (χ0n) is 6.68. The number of allylic oxidation sites excluding steroid dienone is 2. The molecule has 0 aliphatic carbocycles. The highest BCUT2D eigenvalue weighted by molar-refractivity contribution is 5.29. The van der Waals surface area contributed by atoms with Gasteiger partial charge in [0.1, 0.15) is 0 Å². The lowest BCUT2D eigenvalue weighted by atomic mass is 10.0. The molecule has 56 valence electrons. The first-order valence-electron chi connectivity index (χ1n) is 3.74. The number of rotatable bonds is 1. The van der Waals surface area contributed by atoms with Crippen LogP contribution in [-0.4, -0.2) is 13.2 Å². The van der Waals surface area contributed by atoms with E-state index >= 15 is 0 Å². The zero-order valence-corrected chi connectivity index (χ0v) is 6.68. The SMILES string of the molecule is CC=C(C)C1=CCOCC1. The third-order valence-electron chi connectivity index (χ3n) is 1.90. The first-order valence-corrected chi connectivity index (χ1v) is 3.74. The maximum absolute atomic E-state index is 5.19. The van der Waals surface area contributed by atoms with Gasteiger partial charge in [-0.05, 0) is 25.8 Å². The van der Waals surface area contributed by atoms with Gasteiger partial charge in [0.15, 0.2) is 0 Å². The predicted octanol–water partition coefficient (Wildman–Crippen LogP) is 2.30. The molecule has 0 saturated carbocycles. The molecule has 10 heavy (non-hydrogen) atoms. The normalized spacial score (nSPS) is 20.6. The fourth-order valence-electron chi connectivity index (χ4n) is 1.07. The van der Waals surface area contributed by atoms with Crippen LogP contribution in [0.5, 0.6) is 0 Å². The topological polar surface area (TPSA) is 9.23 Å². The van der Waals surface area contributed by atoms with Crippen molar-refractivity contribution in [3.8, 4) is 0 Å². The summed E-state index contributed by atoms with van der Waals surface area (Å²) in [5, 5.41) is 0. The molecule has 0 unspecified atom stereocenters. The zero-order chi connectivity index (χ0) is 7.40. The summed E-state index contributed by atoms with van der Waals surface area (Å²) in [4.78, 5) is 0. The summed E-state index contributed by atoms with van der Waals surface area (Å²) in [5.41, 5.74) is 2.84.